The first-order chi connectivity index (χ1) is 16.9. The van der Waals surface area contributed by atoms with Gasteiger partial charge in [0.1, 0.15) is 24.1 Å². The molecule has 0 bridgehead atoms. The molecule has 2 aromatic rings. The molecule has 9 nitrogen and oxygen atoms in total. The highest BCUT2D eigenvalue weighted by atomic mass is 35.5. The van der Waals surface area contributed by atoms with Gasteiger partial charge in [0.05, 0.1) is 26.2 Å². The van der Waals surface area contributed by atoms with E-state index < -0.39 is 28.5 Å². The van der Waals surface area contributed by atoms with Crippen molar-refractivity contribution in [3.8, 4) is 11.5 Å². The highest BCUT2D eigenvalue weighted by Crippen LogP contribution is 2.33. The average Bonchev–Trinajstić information content (AvgIpc) is 2.84. The Hall–Kier alpha value is -2.98. The van der Waals surface area contributed by atoms with Crippen LogP contribution in [-0.2, 0) is 26.2 Å². The first-order valence-electron chi connectivity index (χ1n) is 11.4. The van der Waals surface area contributed by atoms with Crippen molar-refractivity contribution in [2.24, 2.45) is 0 Å². The van der Waals surface area contributed by atoms with Crippen molar-refractivity contribution < 1.29 is 27.5 Å². The largest absolute Gasteiger partial charge is 0.497 e. The number of halogens is 1. The number of nitrogens with zero attached hydrogens (tertiary/aromatic N) is 2. The van der Waals surface area contributed by atoms with Gasteiger partial charge in [0.2, 0.25) is 21.8 Å². The van der Waals surface area contributed by atoms with Gasteiger partial charge >= 0.3 is 0 Å². The molecule has 0 saturated heterocycles. The third-order valence-corrected chi connectivity index (χ3v) is 7.13. The SMILES string of the molecule is CC[C@@H](C)NC(=O)[C@H](C)N(Cc1ccc(OC)cc1)C(=O)CN(c1cc(Cl)ccc1OC)S(C)(=O)=O. The molecule has 0 aliphatic heterocycles. The lowest BCUT2D eigenvalue weighted by Gasteiger charge is -2.32. The Bertz CT molecular complexity index is 1160. The van der Waals surface area contributed by atoms with E-state index in [9.17, 15) is 18.0 Å². The molecule has 0 aliphatic rings. The molecule has 0 aromatic heterocycles. The van der Waals surface area contributed by atoms with Gasteiger partial charge in [0.15, 0.2) is 0 Å². The summed E-state index contributed by atoms with van der Waals surface area (Å²) < 4.78 is 36.9. The fraction of sp³-hybridized carbons (Fsp3) is 0.440. The van der Waals surface area contributed by atoms with Crippen LogP contribution in [0.4, 0.5) is 5.69 Å². The topological polar surface area (TPSA) is 105 Å². The van der Waals surface area contributed by atoms with Crippen LogP contribution in [0.15, 0.2) is 42.5 Å². The van der Waals surface area contributed by atoms with E-state index >= 15 is 0 Å². The predicted octanol–water partition coefficient (Wildman–Crippen LogP) is 3.46. The molecule has 2 amide bonds. The van der Waals surface area contributed by atoms with Crippen LogP contribution in [0.1, 0.15) is 32.8 Å². The monoisotopic (exact) mass is 539 g/mol. The number of hydrogen-bond donors (Lipinski definition) is 1. The van der Waals surface area contributed by atoms with Crippen LogP contribution in [0, 0.1) is 0 Å². The molecular formula is C25H34ClN3O6S. The molecule has 2 aromatic carbocycles. The smallest absolute Gasteiger partial charge is 0.244 e. The average molecular weight is 540 g/mol. The van der Waals surface area contributed by atoms with Gasteiger partial charge in [-0.05, 0) is 56.2 Å². The van der Waals surface area contributed by atoms with Crippen LogP contribution >= 0.6 is 11.6 Å². The number of benzene rings is 2. The van der Waals surface area contributed by atoms with Gasteiger partial charge < -0.3 is 19.7 Å². The van der Waals surface area contributed by atoms with Crippen molar-refractivity contribution in [2.75, 3.05) is 31.3 Å². The van der Waals surface area contributed by atoms with Crippen LogP contribution in [0.3, 0.4) is 0 Å². The Morgan fingerprint density at radius 2 is 1.69 bits per heavy atom. The summed E-state index contributed by atoms with van der Waals surface area (Å²) in [6.45, 7) is 4.97. The summed E-state index contributed by atoms with van der Waals surface area (Å²) in [7, 11) is -0.970. The Morgan fingerprint density at radius 3 is 2.22 bits per heavy atom. The molecule has 2 atom stereocenters. The molecule has 0 heterocycles. The summed E-state index contributed by atoms with van der Waals surface area (Å²) >= 11 is 6.12. The molecule has 11 heteroatoms. The van der Waals surface area contributed by atoms with E-state index in [2.05, 4.69) is 5.32 Å². The van der Waals surface area contributed by atoms with E-state index in [1.807, 2.05) is 13.8 Å². The maximum Gasteiger partial charge on any atom is 0.244 e. The van der Waals surface area contributed by atoms with Crippen molar-refractivity contribution in [1.29, 1.82) is 0 Å². The normalized spacial score (nSPS) is 12.9. The van der Waals surface area contributed by atoms with E-state index in [1.54, 1.807) is 44.4 Å². The molecule has 0 spiro atoms. The Balaban J connectivity index is 2.45. The summed E-state index contributed by atoms with van der Waals surface area (Å²) in [5.74, 6) is -0.0140. The maximum absolute atomic E-state index is 13.6. The lowest BCUT2D eigenvalue weighted by Crippen LogP contribution is -2.52. The van der Waals surface area contributed by atoms with Crippen LogP contribution in [0.2, 0.25) is 5.02 Å². The van der Waals surface area contributed by atoms with Gasteiger partial charge in [-0.15, -0.1) is 0 Å². The summed E-state index contributed by atoms with van der Waals surface area (Å²) in [5.41, 5.74) is 0.875. The lowest BCUT2D eigenvalue weighted by molar-refractivity contribution is -0.139. The van der Waals surface area contributed by atoms with Crippen molar-refractivity contribution in [2.45, 2.75) is 45.8 Å². The molecule has 0 saturated carbocycles. The second-order valence-electron chi connectivity index (χ2n) is 8.45. The number of nitrogens with one attached hydrogen (secondary N) is 1. The molecule has 0 unspecified atom stereocenters. The van der Waals surface area contributed by atoms with Crippen molar-refractivity contribution in [1.82, 2.24) is 10.2 Å². The number of ether oxygens (including phenoxy) is 2. The van der Waals surface area contributed by atoms with Gasteiger partial charge in [0, 0.05) is 17.6 Å². The number of hydrogen-bond acceptors (Lipinski definition) is 6. The zero-order chi connectivity index (χ0) is 27.0. The molecule has 1 N–H and O–H groups in total. The minimum atomic E-state index is -3.92. The minimum Gasteiger partial charge on any atom is -0.497 e. The van der Waals surface area contributed by atoms with E-state index in [0.717, 1.165) is 22.5 Å². The fourth-order valence-electron chi connectivity index (χ4n) is 3.43. The van der Waals surface area contributed by atoms with Crippen LogP contribution < -0.4 is 19.1 Å². The molecule has 2 rings (SSSR count). The van der Waals surface area contributed by atoms with Gasteiger partial charge in [-0.1, -0.05) is 30.7 Å². The number of methoxy groups -OCH3 is 2. The van der Waals surface area contributed by atoms with E-state index in [0.29, 0.717) is 5.75 Å². The summed E-state index contributed by atoms with van der Waals surface area (Å²) in [5, 5.41) is 3.17. The van der Waals surface area contributed by atoms with E-state index in [4.69, 9.17) is 21.1 Å². The second-order valence-corrected chi connectivity index (χ2v) is 10.8. The van der Waals surface area contributed by atoms with Gasteiger partial charge in [-0.25, -0.2) is 8.42 Å². The van der Waals surface area contributed by atoms with E-state index in [-0.39, 0.29) is 35.0 Å². The van der Waals surface area contributed by atoms with Crippen LogP contribution in [0.5, 0.6) is 11.5 Å². The van der Waals surface area contributed by atoms with Crippen LogP contribution in [-0.4, -0.2) is 64.2 Å². The third-order valence-electron chi connectivity index (χ3n) is 5.77. The highest BCUT2D eigenvalue weighted by molar-refractivity contribution is 7.92. The maximum atomic E-state index is 13.6. The Kier molecular flexibility index (Phi) is 10.4. The first-order valence-corrected chi connectivity index (χ1v) is 13.7. The molecule has 36 heavy (non-hydrogen) atoms. The molecule has 0 fully saturated rings. The minimum absolute atomic E-state index is 0.0823. The van der Waals surface area contributed by atoms with Gasteiger partial charge in [-0.3, -0.25) is 13.9 Å². The Morgan fingerprint density at radius 1 is 1.06 bits per heavy atom. The number of anilines is 1. The van der Waals surface area contributed by atoms with Crippen LogP contribution in [0.25, 0.3) is 0 Å². The zero-order valence-electron chi connectivity index (χ0n) is 21.4. The van der Waals surface area contributed by atoms with E-state index in [1.165, 1.54) is 24.1 Å². The fourth-order valence-corrected chi connectivity index (χ4v) is 4.44. The summed E-state index contributed by atoms with van der Waals surface area (Å²) in [6.07, 6.45) is 1.72. The molecule has 0 aliphatic carbocycles. The highest BCUT2D eigenvalue weighted by Gasteiger charge is 2.31. The zero-order valence-corrected chi connectivity index (χ0v) is 23.0. The lowest BCUT2D eigenvalue weighted by atomic mass is 10.1. The number of amides is 2. The molecule has 0 radical (unpaired) electrons. The van der Waals surface area contributed by atoms with Crippen molar-refractivity contribution in [3.63, 3.8) is 0 Å². The van der Waals surface area contributed by atoms with Gasteiger partial charge in [-0.2, -0.15) is 0 Å². The Labute approximate surface area is 218 Å². The predicted molar refractivity (Wildman–Crippen MR) is 141 cm³/mol. The number of carbonyl (C=O) groups is 2. The molecular weight excluding hydrogens is 506 g/mol. The second kappa shape index (κ2) is 12.8. The van der Waals surface area contributed by atoms with Gasteiger partial charge in [0.25, 0.3) is 0 Å². The third kappa shape index (κ3) is 7.76. The van der Waals surface area contributed by atoms with Crippen molar-refractivity contribution >= 4 is 39.1 Å². The molecule has 198 valence electrons. The summed E-state index contributed by atoms with van der Waals surface area (Å²) in [4.78, 5) is 27.9. The first kappa shape index (κ1) is 29.3. The number of carbonyl (C=O) groups excluding carboxylic acids is 2. The number of sulfonamides is 1. The number of rotatable bonds is 12. The summed E-state index contributed by atoms with van der Waals surface area (Å²) in [6, 6.07) is 10.6. The van der Waals surface area contributed by atoms with Crippen molar-refractivity contribution in [3.05, 3.63) is 53.1 Å². The quantitative estimate of drug-likeness (QED) is 0.443. The standard InChI is InChI=1S/C25H34ClN3O6S/c1-7-17(2)27-25(31)18(3)28(15-19-8-11-21(34-4)12-9-19)24(30)16-29(36(6,32)33)22-14-20(26)10-13-23(22)35-5/h8-14,17-18H,7,15-16H2,1-6H3,(H,27,31)/t17-,18+/m1/s1.